The topological polar surface area (TPSA) is 59.1 Å². The van der Waals surface area contributed by atoms with E-state index in [0.29, 0.717) is 19.1 Å². The molecule has 0 radical (unpaired) electrons. The molecule has 0 spiro atoms. The minimum Gasteiger partial charge on any atom is -0.390 e. The standard InChI is InChI=1S/C22H34N4O2S/c27-21(17-24-9-7-18-4-1-2-5-19(18)15-24)14-23-22(28)26-8-3-6-20(16-26)25-10-12-29-13-11-25/h1-2,4-5,20-21,27H,3,6-17H2,(H,23,28)/t20?,21-/m0/s1. The van der Waals surface area contributed by atoms with Crippen molar-refractivity contribution in [2.45, 2.75) is 38.0 Å². The number of aliphatic hydroxyl groups excluding tert-OH is 1. The van der Waals surface area contributed by atoms with Crippen LogP contribution in [0.5, 0.6) is 0 Å². The van der Waals surface area contributed by atoms with Gasteiger partial charge in [-0.3, -0.25) is 9.80 Å². The highest BCUT2D eigenvalue weighted by Crippen LogP contribution is 2.20. The van der Waals surface area contributed by atoms with Gasteiger partial charge < -0.3 is 15.3 Å². The highest BCUT2D eigenvalue weighted by Gasteiger charge is 2.29. The summed E-state index contributed by atoms with van der Waals surface area (Å²) >= 11 is 2.03. The van der Waals surface area contributed by atoms with E-state index in [1.807, 2.05) is 16.7 Å². The maximum Gasteiger partial charge on any atom is 0.317 e. The third kappa shape index (κ3) is 5.66. The Labute approximate surface area is 178 Å². The first kappa shape index (κ1) is 21.0. The minimum atomic E-state index is -0.538. The van der Waals surface area contributed by atoms with E-state index in [-0.39, 0.29) is 6.03 Å². The van der Waals surface area contributed by atoms with Crippen molar-refractivity contribution in [3.63, 3.8) is 0 Å². The number of fused-ring (bicyclic) bond motifs is 1. The molecule has 2 atom stereocenters. The lowest BCUT2D eigenvalue weighted by molar-refractivity contribution is 0.0959. The average Bonchev–Trinajstić information content (AvgIpc) is 2.78. The summed E-state index contributed by atoms with van der Waals surface area (Å²) in [6.45, 7) is 6.68. The lowest BCUT2D eigenvalue weighted by Gasteiger charge is -2.40. The van der Waals surface area contributed by atoms with Gasteiger partial charge in [-0.25, -0.2) is 4.79 Å². The van der Waals surface area contributed by atoms with E-state index < -0.39 is 6.10 Å². The van der Waals surface area contributed by atoms with Crippen molar-refractivity contribution in [3.8, 4) is 0 Å². The molecule has 2 fully saturated rings. The third-order valence-corrected chi connectivity index (χ3v) is 7.36. The average molecular weight is 419 g/mol. The van der Waals surface area contributed by atoms with Crippen LogP contribution in [-0.4, -0.2) is 95.3 Å². The van der Waals surface area contributed by atoms with Crippen LogP contribution in [0.3, 0.4) is 0 Å². The molecule has 2 N–H and O–H groups in total. The second-order valence-corrected chi connectivity index (χ2v) is 9.71. The van der Waals surface area contributed by atoms with Crippen LogP contribution in [0, 0.1) is 0 Å². The Morgan fingerprint density at radius 3 is 2.79 bits per heavy atom. The van der Waals surface area contributed by atoms with Gasteiger partial charge in [-0.15, -0.1) is 0 Å². The number of β-amino-alcohol motifs (C(OH)–C–C–N with tert-alkyl or cyclic N) is 1. The fourth-order valence-corrected chi connectivity index (χ4v) is 5.70. The van der Waals surface area contributed by atoms with E-state index in [4.69, 9.17) is 0 Å². The summed E-state index contributed by atoms with van der Waals surface area (Å²) in [7, 11) is 0. The van der Waals surface area contributed by atoms with Crippen LogP contribution in [0.1, 0.15) is 24.0 Å². The molecule has 2 saturated heterocycles. The molecular formula is C22H34N4O2S. The predicted molar refractivity (Wildman–Crippen MR) is 118 cm³/mol. The predicted octanol–water partition coefficient (Wildman–Crippen LogP) is 1.63. The van der Waals surface area contributed by atoms with Crippen molar-refractivity contribution < 1.29 is 9.90 Å². The molecular weight excluding hydrogens is 384 g/mol. The number of urea groups is 1. The molecule has 0 aliphatic carbocycles. The maximum atomic E-state index is 12.7. The molecule has 1 aromatic rings. The summed E-state index contributed by atoms with van der Waals surface area (Å²) in [6, 6.07) is 9.00. The molecule has 3 aliphatic heterocycles. The molecule has 2 amide bonds. The summed E-state index contributed by atoms with van der Waals surface area (Å²) in [6.07, 6.45) is 2.74. The zero-order valence-electron chi connectivity index (χ0n) is 17.3. The summed E-state index contributed by atoms with van der Waals surface area (Å²) in [4.78, 5) is 19.4. The van der Waals surface area contributed by atoms with Crippen LogP contribution in [0.4, 0.5) is 4.79 Å². The second kappa shape index (κ2) is 10.2. The summed E-state index contributed by atoms with van der Waals surface area (Å²) in [5.74, 6) is 2.41. The molecule has 4 rings (SSSR count). The molecule has 1 unspecified atom stereocenters. The first-order valence-corrected chi connectivity index (χ1v) is 12.2. The second-order valence-electron chi connectivity index (χ2n) is 8.48. The van der Waals surface area contributed by atoms with Gasteiger partial charge in [-0.2, -0.15) is 11.8 Å². The number of piperidine rings is 1. The van der Waals surface area contributed by atoms with E-state index in [1.165, 1.54) is 29.1 Å². The maximum absolute atomic E-state index is 12.7. The number of nitrogens with one attached hydrogen (secondary N) is 1. The number of carbonyl (C=O) groups excluding carboxylic acids is 1. The van der Waals surface area contributed by atoms with E-state index in [9.17, 15) is 9.90 Å². The Hall–Kier alpha value is -1.28. The Kier molecular flexibility index (Phi) is 7.34. The normalized spacial score (nSPS) is 24.7. The molecule has 3 aliphatic rings. The van der Waals surface area contributed by atoms with Gasteiger partial charge in [0.1, 0.15) is 0 Å². The first-order chi connectivity index (χ1) is 14.2. The summed E-state index contributed by atoms with van der Waals surface area (Å²) in [5, 5.41) is 13.4. The Bertz CT molecular complexity index is 683. The van der Waals surface area contributed by atoms with Gasteiger partial charge >= 0.3 is 6.03 Å². The van der Waals surface area contributed by atoms with Gasteiger partial charge in [0, 0.05) is 69.9 Å². The van der Waals surface area contributed by atoms with Crippen molar-refractivity contribution in [1.82, 2.24) is 20.0 Å². The van der Waals surface area contributed by atoms with Crippen molar-refractivity contribution in [1.29, 1.82) is 0 Å². The SMILES string of the molecule is O=C(NC[C@H](O)CN1CCc2ccccc2C1)N1CCCC(N2CCSCC2)C1. The smallest absolute Gasteiger partial charge is 0.317 e. The molecule has 0 saturated carbocycles. The zero-order chi connectivity index (χ0) is 20.1. The quantitative estimate of drug-likeness (QED) is 0.761. The Morgan fingerprint density at radius 2 is 1.97 bits per heavy atom. The van der Waals surface area contributed by atoms with E-state index in [2.05, 4.69) is 39.4 Å². The fourth-order valence-electron chi connectivity index (χ4n) is 4.77. The zero-order valence-corrected chi connectivity index (χ0v) is 18.1. The molecule has 0 bridgehead atoms. The Morgan fingerprint density at radius 1 is 1.17 bits per heavy atom. The number of amides is 2. The fraction of sp³-hybridized carbons (Fsp3) is 0.682. The number of nitrogens with zero attached hydrogens (tertiary/aromatic N) is 3. The molecule has 3 heterocycles. The van der Waals surface area contributed by atoms with Crippen molar-refractivity contribution in [3.05, 3.63) is 35.4 Å². The van der Waals surface area contributed by atoms with Gasteiger partial charge in [0.2, 0.25) is 0 Å². The highest BCUT2D eigenvalue weighted by atomic mass is 32.2. The van der Waals surface area contributed by atoms with Crippen LogP contribution in [-0.2, 0) is 13.0 Å². The van der Waals surface area contributed by atoms with Crippen molar-refractivity contribution >= 4 is 17.8 Å². The Balaban J connectivity index is 1.20. The summed E-state index contributed by atoms with van der Waals surface area (Å²) < 4.78 is 0. The van der Waals surface area contributed by atoms with Crippen LogP contribution in [0.25, 0.3) is 0 Å². The minimum absolute atomic E-state index is 0.0240. The number of thioether (sulfide) groups is 1. The number of rotatable bonds is 5. The number of hydrogen-bond donors (Lipinski definition) is 2. The van der Waals surface area contributed by atoms with Gasteiger partial charge in [0.05, 0.1) is 6.10 Å². The third-order valence-electron chi connectivity index (χ3n) is 6.41. The number of aliphatic hydroxyl groups is 1. The van der Waals surface area contributed by atoms with Gasteiger partial charge in [-0.1, -0.05) is 24.3 Å². The molecule has 1 aromatic carbocycles. The summed E-state index contributed by atoms with van der Waals surface area (Å²) in [5.41, 5.74) is 2.77. The molecule has 7 heteroatoms. The number of benzene rings is 1. The number of hydrogen-bond acceptors (Lipinski definition) is 5. The molecule has 160 valence electrons. The van der Waals surface area contributed by atoms with E-state index in [1.54, 1.807) is 0 Å². The highest BCUT2D eigenvalue weighted by molar-refractivity contribution is 7.99. The van der Waals surface area contributed by atoms with Gasteiger partial charge in [-0.05, 0) is 30.4 Å². The number of likely N-dealkylation sites (tertiary alicyclic amines) is 1. The largest absolute Gasteiger partial charge is 0.390 e. The molecule has 6 nitrogen and oxygen atoms in total. The lowest BCUT2D eigenvalue weighted by Crippen LogP contribution is -2.54. The number of carbonyl (C=O) groups is 1. The van der Waals surface area contributed by atoms with E-state index in [0.717, 1.165) is 52.1 Å². The molecule has 0 aromatic heterocycles. The van der Waals surface area contributed by atoms with Gasteiger partial charge in [0.25, 0.3) is 0 Å². The van der Waals surface area contributed by atoms with Crippen LogP contribution in [0.15, 0.2) is 24.3 Å². The molecule has 29 heavy (non-hydrogen) atoms. The monoisotopic (exact) mass is 418 g/mol. The van der Waals surface area contributed by atoms with Crippen LogP contribution >= 0.6 is 11.8 Å². The first-order valence-electron chi connectivity index (χ1n) is 11.0. The van der Waals surface area contributed by atoms with Crippen molar-refractivity contribution in [2.24, 2.45) is 0 Å². The van der Waals surface area contributed by atoms with Gasteiger partial charge in [0.15, 0.2) is 0 Å². The van der Waals surface area contributed by atoms with Crippen molar-refractivity contribution in [2.75, 3.05) is 57.3 Å². The lowest BCUT2D eigenvalue weighted by atomic mass is 10.00. The van der Waals surface area contributed by atoms with Crippen LogP contribution < -0.4 is 5.32 Å². The van der Waals surface area contributed by atoms with E-state index >= 15 is 0 Å². The van der Waals surface area contributed by atoms with Crippen LogP contribution in [0.2, 0.25) is 0 Å².